The van der Waals surface area contributed by atoms with Crippen LogP contribution in [0.4, 0.5) is 11.6 Å². The van der Waals surface area contributed by atoms with E-state index < -0.39 is 0 Å². The van der Waals surface area contributed by atoms with E-state index in [0.29, 0.717) is 0 Å². The second kappa shape index (κ2) is 9.39. The molecule has 0 aliphatic carbocycles. The largest absolute Gasteiger partial charge is 0.454 e. The summed E-state index contributed by atoms with van der Waals surface area (Å²) < 4.78 is 11.3. The summed E-state index contributed by atoms with van der Waals surface area (Å²) in [5.74, 6) is 0.971. The van der Waals surface area contributed by atoms with Gasteiger partial charge in [-0.25, -0.2) is 4.98 Å². The summed E-state index contributed by atoms with van der Waals surface area (Å²) in [4.78, 5) is 7.89. The molecule has 5 heteroatoms. The Balaban J connectivity index is 1.21. The predicted molar refractivity (Wildman–Crippen MR) is 199 cm³/mol. The molecule has 0 amide bonds. The third kappa shape index (κ3) is 3.43. The van der Waals surface area contributed by atoms with Crippen molar-refractivity contribution in [1.29, 1.82) is 0 Å². The Morgan fingerprint density at radius 3 is 2.10 bits per heavy atom. The Labute approximate surface area is 278 Å². The van der Waals surface area contributed by atoms with Gasteiger partial charge in [0, 0.05) is 32.8 Å². The molecule has 0 unspecified atom stereocenters. The number of benzene rings is 6. The monoisotopic (exact) mass is 622 g/mol. The molecule has 0 N–H and O–H groups in total. The lowest BCUT2D eigenvalue weighted by molar-refractivity contribution is 0.253. The van der Waals surface area contributed by atoms with Gasteiger partial charge < -0.3 is 18.5 Å². The highest BCUT2D eigenvalue weighted by Crippen LogP contribution is 2.53. The maximum absolute atomic E-state index is 6.53. The van der Waals surface area contributed by atoms with Gasteiger partial charge in [0.1, 0.15) is 5.58 Å². The number of imidazole rings is 1. The number of para-hydroxylation sites is 4. The SMILES string of the molecule is CC1(C)N(c2ccc3c(c2)c2ccccc2n3-c2cccc3c2oc2ccccc23)c2nc3c(-c4ccccc4)cccc3n2C1(C)C. The highest BCUT2D eigenvalue weighted by Gasteiger charge is 2.53. The fourth-order valence-electron chi connectivity index (χ4n) is 8.14. The van der Waals surface area contributed by atoms with Crippen molar-refractivity contribution >= 4 is 66.4 Å². The van der Waals surface area contributed by atoms with E-state index >= 15 is 0 Å². The fourth-order valence-corrected chi connectivity index (χ4v) is 8.14. The first kappa shape index (κ1) is 27.3. The molecule has 232 valence electrons. The van der Waals surface area contributed by atoms with Gasteiger partial charge in [-0.05, 0) is 75.7 Å². The van der Waals surface area contributed by atoms with E-state index in [1.54, 1.807) is 0 Å². The van der Waals surface area contributed by atoms with Crippen molar-refractivity contribution in [1.82, 2.24) is 14.1 Å². The van der Waals surface area contributed by atoms with E-state index in [2.05, 4.69) is 163 Å². The highest BCUT2D eigenvalue weighted by molar-refractivity contribution is 6.13. The number of furan rings is 1. The summed E-state index contributed by atoms with van der Waals surface area (Å²) in [5.41, 5.74) is 10.3. The Bertz CT molecular complexity index is 2740. The van der Waals surface area contributed by atoms with E-state index in [1.807, 2.05) is 12.1 Å². The molecule has 1 aliphatic heterocycles. The first-order valence-electron chi connectivity index (χ1n) is 16.7. The molecule has 9 aromatic rings. The second-order valence-electron chi connectivity index (χ2n) is 14.0. The van der Waals surface area contributed by atoms with Crippen LogP contribution in [0, 0.1) is 0 Å². The summed E-state index contributed by atoms with van der Waals surface area (Å²) in [6.45, 7) is 9.35. The molecule has 10 rings (SSSR count). The normalized spacial score (nSPS) is 15.4. The van der Waals surface area contributed by atoms with Crippen LogP contribution in [0.1, 0.15) is 27.7 Å². The van der Waals surface area contributed by atoms with Crippen molar-refractivity contribution in [2.75, 3.05) is 4.90 Å². The van der Waals surface area contributed by atoms with Crippen LogP contribution in [-0.2, 0) is 5.54 Å². The third-order valence-corrected chi connectivity index (χ3v) is 11.1. The van der Waals surface area contributed by atoms with Crippen molar-refractivity contribution in [3.05, 3.63) is 133 Å². The zero-order valence-corrected chi connectivity index (χ0v) is 27.4. The molecule has 0 saturated carbocycles. The lowest BCUT2D eigenvalue weighted by atomic mass is 9.82. The van der Waals surface area contributed by atoms with Gasteiger partial charge in [-0.3, -0.25) is 0 Å². The van der Waals surface area contributed by atoms with E-state index in [9.17, 15) is 0 Å². The number of fused-ring (bicyclic) bond motifs is 9. The maximum atomic E-state index is 6.53. The van der Waals surface area contributed by atoms with Crippen LogP contribution in [0.3, 0.4) is 0 Å². The fraction of sp³-hybridized carbons (Fsp3) is 0.140. The molecule has 48 heavy (non-hydrogen) atoms. The third-order valence-electron chi connectivity index (χ3n) is 11.1. The van der Waals surface area contributed by atoms with E-state index in [4.69, 9.17) is 9.40 Å². The average Bonchev–Trinajstić information content (AvgIpc) is 3.81. The maximum Gasteiger partial charge on any atom is 0.212 e. The Morgan fingerprint density at radius 2 is 1.25 bits per heavy atom. The molecular formula is C43H34N4O. The van der Waals surface area contributed by atoms with E-state index in [1.165, 1.54) is 16.3 Å². The van der Waals surface area contributed by atoms with Gasteiger partial charge in [0.25, 0.3) is 0 Å². The standard InChI is InChI=1S/C43H34N4O/c1-42(2)43(3,4)47-36-21-12-18-29(27-14-6-5-7-15-27)39(36)44-41(47)46(42)28-24-25-35-33(26-28)30-16-8-10-20-34(30)45(35)37-22-13-19-32-31-17-9-11-23-38(31)48-40(32)37/h5-26H,1-4H3. The predicted octanol–water partition coefficient (Wildman–Crippen LogP) is 11.4. The van der Waals surface area contributed by atoms with Crippen molar-refractivity contribution in [3.8, 4) is 16.8 Å². The second-order valence-corrected chi connectivity index (χ2v) is 14.0. The first-order chi connectivity index (χ1) is 23.3. The first-order valence-corrected chi connectivity index (χ1v) is 16.7. The van der Waals surface area contributed by atoms with Gasteiger partial charge in [-0.15, -0.1) is 0 Å². The van der Waals surface area contributed by atoms with Crippen LogP contribution in [0.2, 0.25) is 0 Å². The number of hydrogen-bond acceptors (Lipinski definition) is 3. The summed E-state index contributed by atoms with van der Waals surface area (Å²) in [5, 5.41) is 4.66. The quantitative estimate of drug-likeness (QED) is 0.197. The van der Waals surface area contributed by atoms with Gasteiger partial charge in [0.2, 0.25) is 5.95 Å². The highest BCUT2D eigenvalue weighted by atomic mass is 16.3. The molecule has 0 fully saturated rings. The molecule has 0 bridgehead atoms. The summed E-state index contributed by atoms with van der Waals surface area (Å²) in [6.07, 6.45) is 0. The minimum atomic E-state index is -0.266. The molecule has 4 heterocycles. The van der Waals surface area contributed by atoms with Gasteiger partial charge in [-0.2, -0.15) is 0 Å². The summed E-state index contributed by atoms with van der Waals surface area (Å²) in [7, 11) is 0. The lowest BCUT2D eigenvalue weighted by Crippen LogP contribution is -2.50. The van der Waals surface area contributed by atoms with Crippen molar-refractivity contribution in [2.24, 2.45) is 0 Å². The van der Waals surface area contributed by atoms with Gasteiger partial charge in [-0.1, -0.05) is 91.0 Å². The average molecular weight is 623 g/mol. The molecule has 0 radical (unpaired) electrons. The minimum Gasteiger partial charge on any atom is -0.454 e. The molecule has 0 saturated heterocycles. The minimum absolute atomic E-state index is 0.244. The van der Waals surface area contributed by atoms with Crippen LogP contribution in [0.25, 0.3) is 71.6 Å². The molecule has 1 aliphatic rings. The smallest absolute Gasteiger partial charge is 0.212 e. The molecule has 5 nitrogen and oxygen atoms in total. The van der Waals surface area contributed by atoms with Crippen LogP contribution < -0.4 is 4.90 Å². The zero-order chi connectivity index (χ0) is 32.4. The number of aromatic nitrogens is 3. The Hall–Kier alpha value is -5.81. The van der Waals surface area contributed by atoms with Gasteiger partial charge in [0.15, 0.2) is 5.58 Å². The van der Waals surface area contributed by atoms with Crippen molar-refractivity contribution in [2.45, 2.75) is 38.8 Å². The van der Waals surface area contributed by atoms with Crippen LogP contribution >= 0.6 is 0 Å². The zero-order valence-electron chi connectivity index (χ0n) is 27.4. The molecular weight excluding hydrogens is 589 g/mol. The molecule has 6 aromatic carbocycles. The summed E-state index contributed by atoms with van der Waals surface area (Å²) >= 11 is 0. The van der Waals surface area contributed by atoms with Crippen molar-refractivity contribution < 1.29 is 4.42 Å². The number of hydrogen-bond donors (Lipinski definition) is 0. The number of anilines is 2. The number of rotatable bonds is 3. The molecule has 3 aromatic heterocycles. The van der Waals surface area contributed by atoms with Crippen molar-refractivity contribution in [3.63, 3.8) is 0 Å². The van der Waals surface area contributed by atoms with E-state index in [-0.39, 0.29) is 11.1 Å². The van der Waals surface area contributed by atoms with Gasteiger partial charge in [0.05, 0.1) is 38.8 Å². The van der Waals surface area contributed by atoms with E-state index in [0.717, 1.165) is 66.9 Å². The van der Waals surface area contributed by atoms with Crippen LogP contribution in [0.5, 0.6) is 0 Å². The Kier molecular flexibility index (Phi) is 5.34. The van der Waals surface area contributed by atoms with Crippen LogP contribution in [0.15, 0.2) is 138 Å². The topological polar surface area (TPSA) is 39.1 Å². The van der Waals surface area contributed by atoms with Gasteiger partial charge >= 0.3 is 0 Å². The Morgan fingerprint density at radius 1 is 0.562 bits per heavy atom. The number of nitrogens with zero attached hydrogens (tertiary/aromatic N) is 4. The lowest BCUT2D eigenvalue weighted by Gasteiger charge is -2.41. The molecule has 0 spiro atoms. The van der Waals surface area contributed by atoms with Crippen LogP contribution in [-0.4, -0.2) is 19.7 Å². The molecule has 0 atom stereocenters. The summed E-state index contributed by atoms with van der Waals surface area (Å²) in [6, 6.07) is 47.5.